The number of nitrogens with zero attached hydrogens (tertiary/aromatic N) is 4. The fraction of sp³-hybridized carbons (Fsp3) is 0.786. The van der Waals surface area contributed by atoms with Gasteiger partial charge in [0.15, 0.2) is 0 Å². The lowest BCUT2D eigenvalue weighted by molar-refractivity contribution is 0.102. The number of likely N-dealkylation sites (N-methyl/N-ethyl adjacent to an activating group) is 2. The average Bonchev–Trinajstić information content (AvgIpc) is 3.12. The molecule has 3 rings (SSSR count). The normalized spacial score (nSPS) is 25.9. The van der Waals surface area contributed by atoms with Crippen LogP contribution in [0.15, 0.2) is 12.5 Å². The van der Waals surface area contributed by atoms with Crippen molar-refractivity contribution in [1.29, 1.82) is 0 Å². The van der Waals surface area contributed by atoms with Gasteiger partial charge >= 0.3 is 0 Å². The van der Waals surface area contributed by atoms with Gasteiger partial charge < -0.3 is 14.8 Å². The van der Waals surface area contributed by atoms with E-state index in [2.05, 4.69) is 38.8 Å². The van der Waals surface area contributed by atoms with Gasteiger partial charge in [0.2, 0.25) is 0 Å². The Morgan fingerprint density at radius 3 is 2.95 bits per heavy atom. The first kappa shape index (κ1) is 13.1. The fourth-order valence-electron chi connectivity index (χ4n) is 2.72. The molecule has 1 aliphatic carbocycles. The zero-order valence-electron chi connectivity index (χ0n) is 12.0. The van der Waals surface area contributed by atoms with Crippen LogP contribution in [0.3, 0.4) is 0 Å². The molecule has 1 atom stereocenters. The van der Waals surface area contributed by atoms with Crippen molar-refractivity contribution in [3.63, 3.8) is 0 Å². The molecular formula is C14H25N5. The van der Waals surface area contributed by atoms with Crippen LogP contribution in [0.2, 0.25) is 0 Å². The van der Waals surface area contributed by atoms with E-state index in [4.69, 9.17) is 0 Å². The zero-order chi connectivity index (χ0) is 13.2. The van der Waals surface area contributed by atoms with Gasteiger partial charge in [-0.3, -0.25) is 4.90 Å². The molecule has 106 valence electrons. The molecule has 1 aromatic heterocycles. The molecule has 19 heavy (non-hydrogen) atoms. The summed E-state index contributed by atoms with van der Waals surface area (Å²) in [5, 5.41) is 3.57. The Bertz CT molecular complexity index is 412. The summed E-state index contributed by atoms with van der Waals surface area (Å²) in [5.74, 6) is 0. The third-order valence-corrected chi connectivity index (χ3v) is 4.34. The quantitative estimate of drug-likeness (QED) is 0.833. The van der Waals surface area contributed by atoms with Crippen molar-refractivity contribution in [3.8, 4) is 0 Å². The van der Waals surface area contributed by atoms with Crippen molar-refractivity contribution < 1.29 is 0 Å². The molecule has 0 radical (unpaired) electrons. The SMILES string of the molecule is CN1CCN(C)C(Cn2cncc2CNC2CC2)C1. The molecular weight excluding hydrogens is 238 g/mol. The van der Waals surface area contributed by atoms with E-state index < -0.39 is 0 Å². The second-order valence-electron chi connectivity index (χ2n) is 6.09. The van der Waals surface area contributed by atoms with E-state index in [9.17, 15) is 0 Å². The Hall–Kier alpha value is -0.910. The maximum absolute atomic E-state index is 4.32. The van der Waals surface area contributed by atoms with Crippen LogP contribution < -0.4 is 5.32 Å². The number of piperazine rings is 1. The lowest BCUT2D eigenvalue weighted by Gasteiger charge is -2.38. The highest BCUT2D eigenvalue weighted by Crippen LogP contribution is 2.19. The van der Waals surface area contributed by atoms with Crippen LogP contribution in [0.25, 0.3) is 0 Å². The third kappa shape index (κ3) is 3.35. The second kappa shape index (κ2) is 5.61. The minimum atomic E-state index is 0.590. The Balaban J connectivity index is 1.59. The van der Waals surface area contributed by atoms with E-state index in [1.165, 1.54) is 25.1 Å². The molecule has 1 saturated carbocycles. The lowest BCUT2D eigenvalue weighted by Crippen LogP contribution is -2.51. The summed E-state index contributed by atoms with van der Waals surface area (Å²) in [6.45, 7) is 5.47. The van der Waals surface area contributed by atoms with Gasteiger partial charge in [0, 0.05) is 51.0 Å². The van der Waals surface area contributed by atoms with E-state index in [0.717, 1.165) is 32.2 Å². The molecule has 5 nitrogen and oxygen atoms in total. The van der Waals surface area contributed by atoms with Crippen molar-refractivity contribution in [3.05, 3.63) is 18.2 Å². The van der Waals surface area contributed by atoms with Gasteiger partial charge in [-0.25, -0.2) is 4.98 Å². The van der Waals surface area contributed by atoms with Crippen LogP contribution in [0.4, 0.5) is 0 Å². The molecule has 1 N–H and O–H groups in total. The molecule has 1 aliphatic heterocycles. The summed E-state index contributed by atoms with van der Waals surface area (Å²) in [7, 11) is 4.44. The van der Waals surface area contributed by atoms with E-state index in [1.807, 2.05) is 12.5 Å². The monoisotopic (exact) mass is 263 g/mol. The fourth-order valence-corrected chi connectivity index (χ4v) is 2.72. The Morgan fingerprint density at radius 2 is 2.16 bits per heavy atom. The van der Waals surface area contributed by atoms with Gasteiger partial charge in [0.1, 0.15) is 0 Å². The van der Waals surface area contributed by atoms with Crippen LogP contribution in [0, 0.1) is 0 Å². The number of imidazole rings is 1. The zero-order valence-corrected chi connectivity index (χ0v) is 12.0. The average molecular weight is 263 g/mol. The molecule has 1 unspecified atom stereocenters. The maximum atomic E-state index is 4.32. The first-order chi connectivity index (χ1) is 9.22. The minimum Gasteiger partial charge on any atom is -0.332 e. The molecule has 0 amide bonds. The second-order valence-corrected chi connectivity index (χ2v) is 6.09. The minimum absolute atomic E-state index is 0.590. The van der Waals surface area contributed by atoms with Crippen molar-refractivity contribution in [2.75, 3.05) is 33.7 Å². The third-order valence-electron chi connectivity index (χ3n) is 4.34. The van der Waals surface area contributed by atoms with Gasteiger partial charge in [-0.15, -0.1) is 0 Å². The van der Waals surface area contributed by atoms with Gasteiger partial charge in [0.05, 0.1) is 12.0 Å². The first-order valence-corrected chi connectivity index (χ1v) is 7.33. The van der Waals surface area contributed by atoms with Crippen LogP contribution >= 0.6 is 0 Å². The smallest absolute Gasteiger partial charge is 0.0949 e. The molecule has 1 aromatic rings. The predicted molar refractivity (Wildman–Crippen MR) is 76.0 cm³/mol. The highest BCUT2D eigenvalue weighted by Gasteiger charge is 2.24. The topological polar surface area (TPSA) is 36.3 Å². The van der Waals surface area contributed by atoms with E-state index >= 15 is 0 Å². The van der Waals surface area contributed by atoms with Crippen LogP contribution in [0.1, 0.15) is 18.5 Å². The van der Waals surface area contributed by atoms with Gasteiger partial charge in [-0.2, -0.15) is 0 Å². The highest BCUT2D eigenvalue weighted by molar-refractivity contribution is 5.00. The largest absolute Gasteiger partial charge is 0.332 e. The van der Waals surface area contributed by atoms with Gasteiger partial charge in [-0.1, -0.05) is 0 Å². The highest BCUT2D eigenvalue weighted by atomic mass is 15.3. The van der Waals surface area contributed by atoms with Crippen molar-refractivity contribution in [2.45, 2.75) is 38.0 Å². The number of hydrogen-bond acceptors (Lipinski definition) is 4. The summed E-state index contributed by atoms with van der Waals surface area (Å²) < 4.78 is 2.32. The summed E-state index contributed by atoms with van der Waals surface area (Å²) >= 11 is 0. The standard InChI is InChI=1S/C14H25N5/c1-17-5-6-18(2)14(9-17)10-19-11-15-7-13(19)8-16-12-3-4-12/h7,11-12,14,16H,3-6,8-10H2,1-2H3. The predicted octanol–water partition coefficient (Wildman–Crippen LogP) is 0.381. The van der Waals surface area contributed by atoms with E-state index in [-0.39, 0.29) is 0 Å². The Labute approximate surface area is 115 Å². The van der Waals surface area contributed by atoms with Crippen molar-refractivity contribution in [2.24, 2.45) is 0 Å². The maximum Gasteiger partial charge on any atom is 0.0949 e. The molecule has 0 spiro atoms. The number of hydrogen-bond donors (Lipinski definition) is 1. The molecule has 2 fully saturated rings. The van der Waals surface area contributed by atoms with E-state index in [0.29, 0.717) is 6.04 Å². The molecule has 0 aromatic carbocycles. The summed E-state index contributed by atoms with van der Waals surface area (Å²) in [6, 6.07) is 1.35. The molecule has 1 saturated heterocycles. The molecule has 2 aliphatic rings. The van der Waals surface area contributed by atoms with Gasteiger partial charge in [0.25, 0.3) is 0 Å². The Kier molecular flexibility index (Phi) is 3.86. The summed E-state index contributed by atoms with van der Waals surface area (Å²) in [4.78, 5) is 9.21. The van der Waals surface area contributed by atoms with Gasteiger partial charge in [-0.05, 0) is 26.9 Å². The molecule has 0 bridgehead atoms. The lowest BCUT2D eigenvalue weighted by atomic mass is 10.2. The molecule has 2 heterocycles. The number of rotatable bonds is 5. The summed E-state index contributed by atoms with van der Waals surface area (Å²) in [6.07, 6.45) is 6.66. The summed E-state index contributed by atoms with van der Waals surface area (Å²) in [5.41, 5.74) is 1.31. The number of aromatic nitrogens is 2. The number of nitrogens with one attached hydrogen (secondary N) is 1. The van der Waals surface area contributed by atoms with Crippen molar-refractivity contribution in [1.82, 2.24) is 24.7 Å². The van der Waals surface area contributed by atoms with E-state index in [1.54, 1.807) is 0 Å². The van der Waals surface area contributed by atoms with Crippen LogP contribution in [-0.4, -0.2) is 65.2 Å². The van der Waals surface area contributed by atoms with Crippen molar-refractivity contribution >= 4 is 0 Å². The van der Waals surface area contributed by atoms with Crippen LogP contribution in [-0.2, 0) is 13.1 Å². The molecule has 5 heteroatoms. The van der Waals surface area contributed by atoms with Crippen LogP contribution in [0.5, 0.6) is 0 Å². The first-order valence-electron chi connectivity index (χ1n) is 7.33. The Morgan fingerprint density at radius 1 is 1.32 bits per heavy atom.